The number of carbonyl (C=O) groups excluding carboxylic acids is 1. The van der Waals surface area contributed by atoms with Crippen LogP contribution >= 0.6 is 0 Å². The zero-order valence-electron chi connectivity index (χ0n) is 18.4. The molecule has 0 aliphatic carbocycles. The first-order valence-corrected chi connectivity index (χ1v) is 11.1. The molecule has 1 aromatic carbocycles. The molecule has 1 atom stereocenters. The zero-order chi connectivity index (χ0) is 23.7. The second-order valence-electron chi connectivity index (χ2n) is 8.41. The van der Waals surface area contributed by atoms with Crippen molar-refractivity contribution in [1.29, 1.82) is 0 Å². The number of aromatic hydroxyl groups is 2. The van der Waals surface area contributed by atoms with E-state index in [1.807, 2.05) is 18.2 Å². The Balaban J connectivity index is 1.41. The van der Waals surface area contributed by atoms with Gasteiger partial charge in [-0.3, -0.25) is 9.78 Å². The second-order valence-corrected chi connectivity index (χ2v) is 8.41. The lowest BCUT2D eigenvalue weighted by molar-refractivity contribution is 0.0705. The number of pyridine rings is 1. The van der Waals surface area contributed by atoms with Crippen molar-refractivity contribution in [1.82, 2.24) is 24.5 Å². The van der Waals surface area contributed by atoms with Gasteiger partial charge in [-0.25, -0.2) is 4.98 Å². The van der Waals surface area contributed by atoms with Gasteiger partial charge < -0.3 is 20.4 Å². The maximum absolute atomic E-state index is 13.1. The normalized spacial score (nSPS) is 16.0. The number of phenols is 2. The van der Waals surface area contributed by atoms with Crippen molar-refractivity contribution in [3.8, 4) is 11.5 Å². The number of aromatic nitrogens is 4. The van der Waals surface area contributed by atoms with Gasteiger partial charge in [-0.1, -0.05) is 6.07 Å². The van der Waals surface area contributed by atoms with E-state index in [0.29, 0.717) is 36.3 Å². The lowest BCUT2D eigenvalue weighted by atomic mass is 9.93. The number of hydrogen-bond acceptors (Lipinski definition) is 7. The molecular formula is C24H23BN6O3. The second kappa shape index (κ2) is 9.05. The van der Waals surface area contributed by atoms with Crippen LogP contribution in [0.25, 0.3) is 5.65 Å². The van der Waals surface area contributed by atoms with Crippen molar-refractivity contribution < 1.29 is 15.0 Å². The third-order valence-electron chi connectivity index (χ3n) is 6.06. The molecular weight excluding hydrogens is 431 g/mol. The molecule has 3 aromatic heterocycles. The van der Waals surface area contributed by atoms with E-state index in [2.05, 4.69) is 15.4 Å². The zero-order valence-corrected chi connectivity index (χ0v) is 18.4. The number of anilines is 1. The topological polar surface area (TPSA) is 116 Å². The summed E-state index contributed by atoms with van der Waals surface area (Å²) in [4.78, 5) is 23.7. The monoisotopic (exact) mass is 454 g/mol. The van der Waals surface area contributed by atoms with Crippen molar-refractivity contribution in [3.05, 3.63) is 71.8 Å². The Hall–Kier alpha value is -4.08. The van der Waals surface area contributed by atoms with E-state index in [1.165, 1.54) is 18.2 Å². The van der Waals surface area contributed by atoms with Gasteiger partial charge in [0.2, 0.25) is 0 Å². The first kappa shape index (κ1) is 21.8. The van der Waals surface area contributed by atoms with Crippen LogP contribution in [0.2, 0.25) is 0 Å². The molecule has 1 unspecified atom stereocenters. The number of piperidine rings is 1. The van der Waals surface area contributed by atoms with Crippen LogP contribution in [-0.4, -0.2) is 61.5 Å². The summed E-state index contributed by atoms with van der Waals surface area (Å²) in [6, 6.07) is 9.96. The number of amides is 1. The van der Waals surface area contributed by atoms with Gasteiger partial charge in [-0.2, -0.15) is 9.61 Å². The summed E-state index contributed by atoms with van der Waals surface area (Å²) in [7, 11) is 6.14. The minimum atomic E-state index is -0.313. The largest absolute Gasteiger partial charge is 0.504 e. The van der Waals surface area contributed by atoms with Crippen LogP contribution < -0.4 is 10.8 Å². The average molecular weight is 454 g/mol. The van der Waals surface area contributed by atoms with E-state index in [9.17, 15) is 15.0 Å². The third-order valence-corrected chi connectivity index (χ3v) is 6.06. The van der Waals surface area contributed by atoms with Gasteiger partial charge in [0.25, 0.3) is 5.91 Å². The molecule has 0 bridgehead atoms. The minimum Gasteiger partial charge on any atom is -0.504 e. The SMILES string of the molecule is [B]c1cnn2c(NCc3cccnc3)cc(C3CCCN(C(=O)c4ccc(O)c(O)c4)C3)nc12. The average Bonchev–Trinajstić information content (AvgIpc) is 3.25. The standard InChI is InChI=1S/C24H23BN6O3/c25-18-13-28-31-22(27-12-15-3-1-7-26-11-15)10-19(29-23(18)31)17-4-2-8-30(14-17)24(34)16-5-6-20(32)21(33)9-16/h1,3,5-7,9-11,13,17,27,32-33H,2,4,8,12,14H2. The molecule has 10 heteroatoms. The van der Waals surface area contributed by atoms with Crippen molar-refractivity contribution >= 4 is 30.7 Å². The smallest absolute Gasteiger partial charge is 0.254 e. The van der Waals surface area contributed by atoms with Gasteiger partial charge in [-0.05, 0) is 48.1 Å². The van der Waals surface area contributed by atoms with Gasteiger partial charge in [0, 0.05) is 55.8 Å². The van der Waals surface area contributed by atoms with Crippen molar-refractivity contribution in [2.24, 2.45) is 0 Å². The maximum atomic E-state index is 13.1. The molecule has 5 rings (SSSR count). The molecule has 1 aliphatic rings. The lowest BCUT2D eigenvalue weighted by Gasteiger charge is -2.33. The van der Waals surface area contributed by atoms with Gasteiger partial charge in [0.15, 0.2) is 17.1 Å². The van der Waals surface area contributed by atoms with Crippen LogP contribution in [0.1, 0.15) is 40.4 Å². The Labute approximate surface area is 197 Å². The first-order valence-electron chi connectivity index (χ1n) is 11.1. The predicted molar refractivity (Wildman–Crippen MR) is 128 cm³/mol. The minimum absolute atomic E-state index is 0.0154. The summed E-state index contributed by atoms with van der Waals surface area (Å²) < 4.78 is 1.68. The molecule has 4 heterocycles. The van der Waals surface area contributed by atoms with E-state index in [4.69, 9.17) is 12.8 Å². The van der Waals surface area contributed by atoms with Crippen LogP contribution in [0.5, 0.6) is 11.5 Å². The van der Waals surface area contributed by atoms with Gasteiger partial charge in [-0.15, -0.1) is 0 Å². The number of fused-ring (bicyclic) bond motifs is 1. The number of nitrogens with one attached hydrogen (secondary N) is 1. The number of hydrogen-bond donors (Lipinski definition) is 3. The third kappa shape index (κ3) is 4.26. The highest BCUT2D eigenvalue weighted by Gasteiger charge is 2.27. The highest BCUT2D eigenvalue weighted by molar-refractivity contribution is 6.36. The fourth-order valence-electron chi connectivity index (χ4n) is 4.27. The fraction of sp³-hybridized carbons (Fsp3) is 0.250. The molecule has 0 saturated carbocycles. The van der Waals surface area contributed by atoms with Crippen LogP contribution in [0.4, 0.5) is 5.82 Å². The van der Waals surface area contributed by atoms with E-state index < -0.39 is 0 Å². The van der Waals surface area contributed by atoms with Gasteiger partial charge in [0.1, 0.15) is 13.7 Å². The van der Waals surface area contributed by atoms with E-state index in [-0.39, 0.29) is 23.3 Å². The summed E-state index contributed by atoms with van der Waals surface area (Å²) in [5.74, 6) is 0.0105. The Morgan fingerprint density at radius 1 is 1.18 bits per heavy atom. The Kier molecular flexibility index (Phi) is 5.79. The molecule has 170 valence electrons. The van der Waals surface area contributed by atoms with E-state index >= 15 is 0 Å². The Morgan fingerprint density at radius 2 is 2.06 bits per heavy atom. The number of rotatable bonds is 5. The van der Waals surface area contributed by atoms with Crippen LogP contribution in [0.15, 0.2) is 55.0 Å². The number of phenolic OH excluding ortho intramolecular Hbond substituents is 2. The van der Waals surface area contributed by atoms with Crippen molar-refractivity contribution in [2.45, 2.75) is 25.3 Å². The van der Waals surface area contributed by atoms with Gasteiger partial charge >= 0.3 is 0 Å². The van der Waals surface area contributed by atoms with Crippen LogP contribution in [-0.2, 0) is 6.54 Å². The highest BCUT2D eigenvalue weighted by Crippen LogP contribution is 2.30. The molecule has 0 spiro atoms. The summed E-state index contributed by atoms with van der Waals surface area (Å²) >= 11 is 0. The quantitative estimate of drug-likeness (QED) is 0.312. The number of benzene rings is 1. The van der Waals surface area contributed by atoms with Crippen molar-refractivity contribution in [3.63, 3.8) is 0 Å². The molecule has 1 amide bonds. The Bertz CT molecular complexity index is 1340. The molecule has 4 aromatic rings. The van der Waals surface area contributed by atoms with Crippen LogP contribution in [0, 0.1) is 0 Å². The van der Waals surface area contributed by atoms with E-state index in [0.717, 1.165) is 29.9 Å². The molecule has 1 fully saturated rings. The predicted octanol–water partition coefficient (Wildman–Crippen LogP) is 1.96. The first-order chi connectivity index (χ1) is 16.5. The molecule has 1 aliphatic heterocycles. The number of nitrogens with zero attached hydrogens (tertiary/aromatic N) is 5. The molecule has 9 nitrogen and oxygen atoms in total. The fourth-order valence-corrected chi connectivity index (χ4v) is 4.27. The molecule has 2 radical (unpaired) electrons. The number of carbonyl (C=O) groups is 1. The summed E-state index contributed by atoms with van der Waals surface area (Å²) in [5, 5.41) is 27.1. The Morgan fingerprint density at radius 3 is 2.85 bits per heavy atom. The molecule has 1 saturated heterocycles. The molecule has 34 heavy (non-hydrogen) atoms. The highest BCUT2D eigenvalue weighted by atomic mass is 16.3. The number of likely N-dealkylation sites (tertiary alicyclic amines) is 1. The lowest BCUT2D eigenvalue weighted by Crippen LogP contribution is -2.39. The van der Waals surface area contributed by atoms with Crippen LogP contribution in [0.3, 0.4) is 0 Å². The summed E-state index contributed by atoms with van der Waals surface area (Å²) in [6.07, 6.45) is 6.81. The molecule has 3 N–H and O–H groups in total. The van der Waals surface area contributed by atoms with Crippen molar-refractivity contribution in [2.75, 3.05) is 18.4 Å². The summed E-state index contributed by atoms with van der Waals surface area (Å²) in [6.45, 7) is 1.66. The van der Waals surface area contributed by atoms with Gasteiger partial charge in [0.05, 0.1) is 5.69 Å². The maximum Gasteiger partial charge on any atom is 0.254 e. The summed E-state index contributed by atoms with van der Waals surface area (Å²) in [5.41, 5.74) is 3.24. The van der Waals surface area contributed by atoms with E-state index in [1.54, 1.807) is 28.0 Å².